The number of benzene rings is 1. The second-order valence-corrected chi connectivity index (χ2v) is 5.56. The van der Waals surface area contributed by atoms with E-state index in [4.69, 9.17) is 9.84 Å². The summed E-state index contributed by atoms with van der Waals surface area (Å²) in [6.45, 7) is 6.42. The molecule has 0 fully saturated rings. The van der Waals surface area contributed by atoms with Crippen LogP contribution in [0.2, 0.25) is 0 Å². The van der Waals surface area contributed by atoms with Gasteiger partial charge in [-0.1, -0.05) is 32.9 Å². The molecule has 0 aliphatic heterocycles. The number of rotatable bonds is 3. The molecule has 4 heteroatoms. The van der Waals surface area contributed by atoms with Crippen LogP contribution in [0.25, 0.3) is 0 Å². The molecule has 0 bridgehead atoms. The first-order valence-corrected chi connectivity index (χ1v) is 6.34. The molecule has 0 saturated carbocycles. The van der Waals surface area contributed by atoms with Crippen molar-refractivity contribution in [1.82, 2.24) is 4.98 Å². The summed E-state index contributed by atoms with van der Waals surface area (Å²) < 4.78 is 5.56. The number of aromatic nitrogens is 1. The molecule has 104 valence electrons. The number of hydrogen-bond acceptors (Lipinski definition) is 3. The van der Waals surface area contributed by atoms with Crippen LogP contribution in [0.5, 0.6) is 11.6 Å². The third kappa shape index (κ3) is 3.35. The van der Waals surface area contributed by atoms with Crippen molar-refractivity contribution < 1.29 is 14.6 Å². The van der Waals surface area contributed by atoms with Gasteiger partial charge in [-0.2, -0.15) is 0 Å². The summed E-state index contributed by atoms with van der Waals surface area (Å²) >= 11 is 0. The van der Waals surface area contributed by atoms with E-state index in [1.807, 2.05) is 24.3 Å². The van der Waals surface area contributed by atoms with Gasteiger partial charge in [0.15, 0.2) is 0 Å². The summed E-state index contributed by atoms with van der Waals surface area (Å²) in [6, 6.07) is 10.5. The lowest BCUT2D eigenvalue weighted by molar-refractivity contribution is 0.0696. The molecule has 0 aliphatic carbocycles. The lowest BCUT2D eigenvalue weighted by Gasteiger charge is -2.19. The Balaban J connectivity index is 2.18. The van der Waals surface area contributed by atoms with Gasteiger partial charge in [-0.05, 0) is 29.2 Å². The number of pyridine rings is 1. The number of carboxylic acid groups (broad SMARTS) is 1. The molecule has 1 heterocycles. The topological polar surface area (TPSA) is 59.4 Å². The molecule has 20 heavy (non-hydrogen) atoms. The average Bonchev–Trinajstić information content (AvgIpc) is 2.38. The average molecular weight is 271 g/mol. The summed E-state index contributed by atoms with van der Waals surface area (Å²) in [5.41, 5.74) is 1.44. The van der Waals surface area contributed by atoms with Crippen LogP contribution in [0.3, 0.4) is 0 Å². The molecule has 0 radical (unpaired) electrons. The first-order chi connectivity index (χ1) is 9.36. The molecule has 0 saturated heterocycles. The van der Waals surface area contributed by atoms with Crippen LogP contribution in [0.1, 0.15) is 36.7 Å². The van der Waals surface area contributed by atoms with E-state index in [0.29, 0.717) is 5.75 Å². The van der Waals surface area contributed by atoms with E-state index >= 15 is 0 Å². The van der Waals surface area contributed by atoms with Gasteiger partial charge in [0.1, 0.15) is 5.75 Å². The Morgan fingerprint density at radius 1 is 1.15 bits per heavy atom. The monoisotopic (exact) mass is 271 g/mol. The van der Waals surface area contributed by atoms with Crippen LogP contribution in [0.15, 0.2) is 42.6 Å². The molecule has 2 aromatic rings. The minimum atomic E-state index is -1.000. The highest BCUT2D eigenvalue weighted by molar-refractivity contribution is 5.87. The number of carbonyl (C=O) groups is 1. The maximum Gasteiger partial charge on any atom is 0.335 e. The largest absolute Gasteiger partial charge is 0.478 e. The minimum Gasteiger partial charge on any atom is -0.478 e. The Hall–Kier alpha value is -2.36. The predicted octanol–water partition coefficient (Wildman–Crippen LogP) is 3.87. The van der Waals surface area contributed by atoms with E-state index in [2.05, 4.69) is 25.8 Å². The Kier molecular flexibility index (Phi) is 3.74. The van der Waals surface area contributed by atoms with Gasteiger partial charge in [-0.25, -0.2) is 9.78 Å². The van der Waals surface area contributed by atoms with Gasteiger partial charge in [0.2, 0.25) is 5.88 Å². The molecular weight excluding hydrogens is 254 g/mol. The number of hydrogen-bond donors (Lipinski definition) is 1. The van der Waals surface area contributed by atoms with E-state index in [-0.39, 0.29) is 16.9 Å². The smallest absolute Gasteiger partial charge is 0.335 e. The minimum absolute atomic E-state index is 0.0833. The van der Waals surface area contributed by atoms with Crippen molar-refractivity contribution in [3.63, 3.8) is 0 Å². The quantitative estimate of drug-likeness (QED) is 0.920. The fraction of sp³-hybridized carbons (Fsp3) is 0.250. The molecule has 4 nitrogen and oxygen atoms in total. The van der Waals surface area contributed by atoms with Crippen LogP contribution in [-0.2, 0) is 5.41 Å². The van der Waals surface area contributed by atoms with Gasteiger partial charge in [0.25, 0.3) is 0 Å². The number of ether oxygens (including phenoxy) is 1. The summed E-state index contributed by atoms with van der Waals surface area (Å²) in [6.07, 6.45) is 1.42. The van der Waals surface area contributed by atoms with Crippen molar-refractivity contribution in [3.05, 3.63) is 53.7 Å². The number of carboxylic acids is 1. The zero-order chi connectivity index (χ0) is 14.8. The third-order valence-electron chi connectivity index (χ3n) is 2.92. The van der Waals surface area contributed by atoms with Crippen LogP contribution < -0.4 is 4.74 Å². The molecule has 0 unspecified atom stereocenters. The van der Waals surface area contributed by atoms with Crippen molar-refractivity contribution in [2.24, 2.45) is 0 Å². The van der Waals surface area contributed by atoms with Gasteiger partial charge in [0, 0.05) is 12.3 Å². The third-order valence-corrected chi connectivity index (χ3v) is 2.92. The van der Waals surface area contributed by atoms with Gasteiger partial charge in [-0.15, -0.1) is 0 Å². The van der Waals surface area contributed by atoms with Gasteiger partial charge >= 0.3 is 5.97 Å². The fourth-order valence-electron chi connectivity index (χ4n) is 1.74. The van der Waals surface area contributed by atoms with Crippen LogP contribution in [0, 0.1) is 0 Å². The molecule has 2 rings (SSSR count). The molecule has 0 spiro atoms. The summed E-state index contributed by atoms with van der Waals surface area (Å²) in [5, 5.41) is 8.92. The summed E-state index contributed by atoms with van der Waals surface area (Å²) in [5.74, 6) is -0.0956. The maximum atomic E-state index is 10.9. The Morgan fingerprint density at radius 2 is 1.80 bits per heavy atom. The highest BCUT2D eigenvalue weighted by Crippen LogP contribution is 2.26. The van der Waals surface area contributed by atoms with Crippen molar-refractivity contribution in [3.8, 4) is 11.6 Å². The first kappa shape index (κ1) is 14.1. The van der Waals surface area contributed by atoms with Crippen LogP contribution >= 0.6 is 0 Å². The Labute approximate surface area is 118 Å². The molecular formula is C16H17NO3. The molecule has 0 aliphatic rings. The maximum absolute atomic E-state index is 10.9. The molecule has 0 amide bonds. The fourth-order valence-corrected chi connectivity index (χ4v) is 1.74. The summed E-state index contributed by atoms with van der Waals surface area (Å²) in [7, 11) is 0. The van der Waals surface area contributed by atoms with Crippen molar-refractivity contribution in [2.75, 3.05) is 0 Å². The van der Waals surface area contributed by atoms with Crippen molar-refractivity contribution in [1.29, 1.82) is 0 Å². The normalized spacial score (nSPS) is 11.2. The molecule has 1 aromatic carbocycles. The lowest BCUT2D eigenvalue weighted by Crippen LogP contribution is -2.10. The second kappa shape index (κ2) is 5.33. The lowest BCUT2D eigenvalue weighted by atomic mass is 9.87. The highest BCUT2D eigenvalue weighted by atomic mass is 16.5. The SMILES string of the molecule is CC(C)(C)c1ccc(Oc2cc(C(=O)O)ccn2)cc1. The van der Waals surface area contributed by atoms with Crippen LogP contribution in [-0.4, -0.2) is 16.1 Å². The standard InChI is InChI=1S/C16H17NO3/c1-16(2,3)12-4-6-13(7-5-12)20-14-10-11(15(18)19)8-9-17-14/h4-10H,1-3H3,(H,18,19). The molecule has 0 atom stereocenters. The van der Waals surface area contributed by atoms with Crippen molar-refractivity contribution >= 4 is 5.97 Å². The van der Waals surface area contributed by atoms with E-state index in [1.165, 1.54) is 23.9 Å². The first-order valence-electron chi connectivity index (χ1n) is 6.34. The summed E-state index contributed by atoms with van der Waals surface area (Å²) in [4.78, 5) is 14.9. The van der Waals surface area contributed by atoms with Crippen LogP contribution in [0.4, 0.5) is 0 Å². The highest BCUT2D eigenvalue weighted by Gasteiger charge is 2.13. The zero-order valence-corrected chi connectivity index (χ0v) is 11.8. The predicted molar refractivity (Wildman–Crippen MR) is 76.4 cm³/mol. The van der Waals surface area contributed by atoms with E-state index in [1.54, 1.807) is 0 Å². The Morgan fingerprint density at radius 3 is 2.35 bits per heavy atom. The van der Waals surface area contributed by atoms with Gasteiger partial charge in [0.05, 0.1) is 5.56 Å². The zero-order valence-electron chi connectivity index (χ0n) is 11.8. The van der Waals surface area contributed by atoms with E-state index in [0.717, 1.165) is 0 Å². The van der Waals surface area contributed by atoms with Gasteiger partial charge in [-0.3, -0.25) is 0 Å². The Bertz CT molecular complexity index is 612. The number of aromatic carboxylic acids is 1. The molecule has 1 aromatic heterocycles. The number of nitrogens with zero attached hydrogens (tertiary/aromatic N) is 1. The van der Waals surface area contributed by atoms with Crippen molar-refractivity contribution in [2.45, 2.75) is 26.2 Å². The molecule has 1 N–H and O–H groups in total. The second-order valence-electron chi connectivity index (χ2n) is 5.56. The van der Waals surface area contributed by atoms with E-state index < -0.39 is 5.97 Å². The van der Waals surface area contributed by atoms with E-state index in [9.17, 15) is 4.79 Å². The van der Waals surface area contributed by atoms with Gasteiger partial charge < -0.3 is 9.84 Å².